The Morgan fingerprint density at radius 3 is 3.19 bits per heavy atom. The predicted molar refractivity (Wildman–Crippen MR) is 53.8 cm³/mol. The smallest absolute Gasteiger partial charge is 0.336 e. The number of rotatable bonds is 4. The first-order valence-electron chi connectivity index (χ1n) is 4.51. The normalized spacial score (nSPS) is 10.1. The zero-order valence-corrected chi connectivity index (χ0v) is 8.54. The van der Waals surface area contributed by atoms with Crippen LogP contribution in [-0.4, -0.2) is 38.0 Å². The van der Waals surface area contributed by atoms with Crippen molar-refractivity contribution >= 4 is 11.9 Å². The van der Waals surface area contributed by atoms with E-state index in [1.165, 1.54) is 11.8 Å². The van der Waals surface area contributed by atoms with Gasteiger partial charge in [0.15, 0.2) is 0 Å². The highest BCUT2D eigenvalue weighted by Crippen LogP contribution is 2.04. The molecule has 0 aliphatic heterocycles. The summed E-state index contributed by atoms with van der Waals surface area (Å²) >= 11 is 0. The second-order valence-corrected chi connectivity index (χ2v) is 2.92. The van der Waals surface area contributed by atoms with Gasteiger partial charge in [0.2, 0.25) is 11.9 Å². The molecule has 2 rings (SSSR count). The molecule has 8 nitrogen and oxygen atoms in total. The van der Waals surface area contributed by atoms with E-state index in [2.05, 4.69) is 25.6 Å². The number of nitrogens with one attached hydrogen (secondary N) is 2. The van der Waals surface area contributed by atoms with E-state index < -0.39 is 0 Å². The van der Waals surface area contributed by atoms with Crippen LogP contribution in [0.5, 0.6) is 6.01 Å². The van der Waals surface area contributed by atoms with Crippen LogP contribution in [0, 0.1) is 0 Å². The Morgan fingerprint density at radius 1 is 1.69 bits per heavy atom. The second kappa shape index (κ2) is 4.43. The van der Waals surface area contributed by atoms with Crippen molar-refractivity contribution in [2.24, 2.45) is 0 Å². The Kier molecular flexibility index (Phi) is 2.81. The van der Waals surface area contributed by atoms with Gasteiger partial charge in [0.1, 0.15) is 6.54 Å². The monoisotopic (exact) mass is 222 g/mol. The van der Waals surface area contributed by atoms with E-state index in [9.17, 15) is 4.79 Å². The predicted octanol–water partition coefficient (Wildman–Crippen LogP) is -0.352. The SMILES string of the molecule is COc1n[nH]c(NC(=O)Cn2cccn2)n1. The minimum Gasteiger partial charge on any atom is -0.466 e. The van der Waals surface area contributed by atoms with Crippen molar-refractivity contribution in [2.75, 3.05) is 12.4 Å². The maximum Gasteiger partial charge on any atom is 0.336 e. The largest absolute Gasteiger partial charge is 0.466 e. The van der Waals surface area contributed by atoms with Gasteiger partial charge < -0.3 is 4.74 Å². The van der Waals surface area contributed by atoms with Crippen LogP contribution in [0.25, 0.3) is 0 Å². The molecule has 2 N–H and O–H groups in total. The number of aromatic amines is 1. The summed E-state index contributed by atoms with van der Waals surface area (Å²) in [5.74, 6) is -0.00323. The van der Waals surface area contributed by atoms with E-state index in [4.69, 9.17) is 4.74 Å². The number of ether oxygens (including phenoxy) is 1. The van der Waals surface area contributed by atoms with E-state index in [-0.39, 0.29) is 24.4 Å². The number of H-pyrrole nitrogens is 1. The number of anilines is 1. The summed E-state index contributed by atoms with van der Waals surface area (Å²) in [6.45, 7) is 0.121. The Balaban J connectivity index is 1.92. The summed E-state index contributed by atoms with van der Waals surface area (Å²) in [5.41, 5.74) is 0. The van der Waals surface area contributed by atoms with Crippen LogP contribution in [-0.2, 0) is 11.3 Å². The van der Waals surface area contributed by atoms with Gasteiger partial charge in [0.25, 0.3) is 0 Å². The molecule has 0 fully saturated rings. The van der Waals surface area contributed by atoms with E-state index in [1.807, 2.05) is 0 Å². The van der Waals surface area contributed by atoms with Crippen LogP contribution < -0.4 is 10.1 Å². The van der Waals surface area contributed by atoms with Crippen molar-refractivity contribution < 1.29 is 9.53 Å². The molecular weight excluding hydrogens is 212 g/mol. The molecule has 0 atom stereocenters. The number of hydrogen-bond donors (Lipinski definition) is 2. The Labute approximate surface area is 90.6 Å². The lowest BCUT2D eigenvalue weighted by molar-refractivity contribution is -0.116. The average Bonchev–Trinajstić information content (AvgIpc) is 2.89. The van der Waals surface area contributed by atoms with Crippen molar-refractivity contribution in [3.05, 3.63) is 18.5 Å². The topological polar surface area (TPSA) is 97.7 Å². The molecule has 84 valence electrons. The third-order valence-electron chi connectivity index (χ3n) is 1.77. The highest BCUT2D eigenvalue weighted by molar-refractivity contribution is 5.88. The molecule has 16 heavy (non-hydrogen) atoms. The van der Waals surface area contributed by atoms with Gasteiger partial charge in [-0.1, -0.05) is 0 Å². The zero-order valence-electron chi connectivity index (χ0n) is 8.54. The van der Waals surface area contributed by atoms with Gasteiger partial charge in [-0.05, 0) is 6.07 Å². The van der Waals surface area contributed by atoms with Crippen molar-refractivity contribution in [1.29, 1.82) is 0 Å². The number of aromatic nitrogens is 5. The maximum absolute atomic E-state index is 11.5. The Bertz CT molecular complexity index is 463. The molecule has 0 spiro atoms. The Morgan fingerprint density at radius 2 is 2.56 bits per heavy atom. The van der Waals surface area contributed by atoms with E-state index in [1.54, 1.807) is 18.5 Å². The fraction of sp³-hybridized carbons (Fsp3) is 0.250. The molecular formula is C8H10N6O2. The minimum absolute atomic E-state index is 0.121. The molecule has 0 bridgehead atoms. The van der Waals surface area contributed by atoms with Gasteiger partial charge in [-0.25, -0.2) is 5.10 Å². The number of carbonyl (C=O) groups excluding carboxylic acids is 1. The zero-order chi connectivity index (χ0) is 11.4. The highest BCUT2D eigenvalue weighted by atomic mass is 16.5. The van der Waals surface area contributed by atoms with Gasteiger partial charge in [0.05, 0.1) is 7.11 Å². The van der Waals surface area contributed by atoms with Crippen LogP contribution in [0.2, 0.25) is 0 Å². The van der Waals surface area contributed by atoms with Crippen molar-refractivity contribution in [1.82, 2.24) is 25.0 Å². The molecule has 0 aliphatic carbocycles. The van der Waals surface area contributed by atoms with Gasteiger partial charge in [-0.2, -0.15) is 10.1 Å². The van der Waals surface area contributed by atoms with Gasteiger partial charge in [0, 0.05) is 12.4 Å². The third kappa shape index (κ3) is 2.35. The highest BCUT2D eigenvalue weighted by Gasteiger charge is 2.07. The minimum atomic E-state index is -0.248. The van der Waals surface area contributed by atoms with Crippen molar-refractivity contribution in [3.8, 4) is 6.01 Å². The summed E-state index contributed by atoms with van der Waals surface area (Å²) in [4.78, 5) is 15.3. The van der Waals surface area contributed by atoms with Crippen molar-refractivity contribution in [2.45, 2.75) is 6.54 Å². The molecule has 0 unspecified atom stereocenters. The summed E-state index contributed by atoms with van der Waals surface area (Å²) in [6, 6.07) is 1.92. The lowest BCUT2D eigenvalue weighted by Gasteiger charge is -2.00. The molecule has 2 aromatic rings. The molecule has 8 heteroatoms. The third-order valence-corrected chi connectivity index (χ3v) is 1.77. The first kappa shape index (κ1) is 10.1. The maximum atomic E-state index is 11.5. The number of methoxy groups -OCH3 is 1. The molecule has 2 aromatic heterocycles. The second-order valence-electron chi connectivity index (χ2n) is 2.92. The molecule has 0 saturated heterocycles. The molecule has 2 heterocycles. The van der Waals surface area contributed by atoms with Gasteiger partial charge >= 0.3 is 6.01 Å². The van der Waals surface area contributed by atoms with E-state index in [0.29, 0.717) is 0 Å². The lowest BCUT2D eigenvalue weighted by Crippen LogP contribution is -2.19. The number of nitrogens with zero attached hydrogens (tertiary/aromatic N) is 4. The van der Waals surface area contributed by atoms with Gasteiger partial charge in [-0.3, -0.25) is 14.8 Å². The average molecular weight is 222 g/mol. The van der Waals surface area contributed by atoms with Crippen LogP contribution in [0.1, 0.15) is 0 Å². The lowest BCUT2D eigenvalue weighted by atomic mass is 10.6. The fourth-order valence-corrected chi connectivity index (χ4v) is 1.11. The van der Waals surface area contributed by atoms with E-state index >= 15 is 0 Å². The van der Waals surface area contributed by atoms with Crippen LogP contribution in [0.4, 0.5) is 5.95 Å². The van der Waals surface area contributed by atoms with E-state index in [0.717, 1.165) is 0 Å². The standard InChI is InChI=1S/C8H10N6O2/c1-16-8-11-7(12-13-8)10-6(15)5-14-4-2-3-9-14/h2-4H,5H2,1H3,(H2,10,11,12,13,15). The molecule has 0 radical (unpaired) electrons. The molecule has 0 aromatic carbocycles. The van der Waals surface area contributed by atoms with Crippen LogP contribution >= 0.6 is 0 Å². The molecule has 1 amide bonds. The van der Waals surface area contributed by atoms with Gasteiger partial charge in [-0.15, -0.1) is 5.10 Å². The molecule has 0 aliphatic rings. The summed E-state index contributed by atoms with van der Waals surface area (Å²) in [7, 11) is 1.44. The van der Waals surface area contributed by atoms with Crippen molar-refractivity contribution in [3.63, 3.8) is 0 Å². The first-order chi connectivity index (χ1) is 7.78. The summed E-state index contributed by atoms with van der Waals surface area (Å²) in [5, 5.41) is 12.6. The van der Waals surface area contributed by atoms with Crippen LogP contribution in [0.3, 0.4) is 0 Å². The Hall–Kier alpha value is -2.38. The van der Waals surface area contributed by atoms with Crippen LogP contribution in [0.15, 0.2) is 18.5 Å². The quantitative estimate of drug-likeness (QED) is 0.736. The number of amides is 1. The number of hydrogen-bond acceptors (Lipinski definition) is 5. The fourth-order valence-electron chi connectivity index (χ4n) is 1.11. The number of carbonyl (C=O) groups is 1. The first-order valence-corrected chi connectivity index (χ1v) is 4.51. The molecule has 0 saturated carbocycles. The summed E-state index contributed by atoms with van der Waals surface area (Å²) < 4.78 is 6.26. The summed E-state index contributed by atoms with van der Waals surface area (Å²) in [6.07, 6.45) is 3.30.